The van der Waals surface area contributed by atoms with Crippen molar-refractivity contribution in [2.75, 3.05) is 17.4 Å². The van der Waals surface area contributed by atoms with Gasteiger partial charge in [0.25, 0.3) is 10.0 Å². The van der Waals surface area contributed by atoms with Gasteiger partial charge in [-0.1, -0.05) is 31.0 Å². The number of carbonyl (C=O) groups excluding carboxylic acids is 1. The SMILES string of the molecule is O=C(CN(c1nccs1)S(=O)(=O)c1ccccc1)N1CCCC2CCCCC21. The molecule has 1 aliphatic carbocycles. The number of benzene rings is 1. The summed E-state index contributed by atoms with van der Waals surface area (Å²) in [4.78, 5) is 19.5. The summed E-state index contributed by atoms with van der Waals surface area (Å²) < 4.78 is 27.7. The van der Waals surface area contributed by atoms with Gasteiger partial charge in [0.15, 0.2) is 5.13 Å². The highest BCUT2D eigenvalue weighted by molar-refractivity contribution is 7.93. The summed E-state index contributed by atoms with van der Waals surface area (Å²) in [7, 11) is -3.85. The van der Waals surface area contributed by atoms with Crippen LogP contribution in [0.15, 0.2) is 46.8 Å². The molecule has 150 valence electrons. The summed E-state index contributed by atoms with van der Waals surface area (Å²) in [5, 5.41) is 2.06. The second-order valence-corrected chi connectivity index (χ2v) is 10.2. The fourth-order valence-corrected chi connectivity index (χ4v) is 6.72. The maximum absolute atomic E-state index is 13.3. The van der Waals surface area contributed by atoms with Crippen molar-refractivity contribution in [2.24, 2.45) is 5.92 Å². The Bertz CT molecular complexity index is 898. The number of likely N-dealkylation sites (tertiary alicyclic amines) is 1. The molecule has 0 N–H and O–H groups in total. The number of anilines is 1. The van der Waals surface area contributed by atoms with E-state index in [0.29, 0.717) is 11.0 Å². The number of aromatic nitrogens is 1. The molecule has 2 aromatic rings. The van der Waals surface area contributed by atoms with Crippen LogP contribution in [0.25, 0.3) is 0 Å². The van der Waals surface area contributed by atoms with E-state index in [4.69, 9.17) is 0 Å². The molecular formula is C20H25N3O3S2. The molecule has 0 bridgehead atoms. The molecule has 4 rings (SSSR count). The monoisotopic (exact) mass is 419 g/mol. The van der Waals surface area contributed by atoms with Gasteiger partial charge >= 0.3 is 0 Å². The zero-order valence-corrected chi connectivity index (χ0v) is 17.4. The molecule has 0 radical (unpaired) electrons. The van der Waals surface area contributed by atoms with Crippen molar-refractivity contribution in [3.05, 3.63) is 41.9 Å². The zero-order valence-electron chi connectivity index (χ0n) is 15.7. The summed E-state index contributed by atoms with van der Waals surface area (Å²) in [6.45, 7) is 0.519. The first-order valence-corrected chi connectivity index (χ1v) is 12.2. The number of sulfonamides is 1. The van der Waals surface area contributed by atoms with Gasteiger partial charge in [-0.2, -0.15) is 0 Å². The molecule has 1 aliphatic heterocycles. The second-order valence-electron chi connectivity index (χ2n) is 7.48. The van der Waals surface area contributed by atoms with Gasteiger partial charge in [0.2, 0.25) is 5.91 Å². The fraction of sp³-hybridized carbons (Fsp3) is 0.500. The average Bonchev–Trinajstić information content (AvgIpc) is 3.26. The number of amides is 1. The van der Waals surface area contributed by atoms with Crippen molar-refractivity contribution >= 4 is 32.4 Å². The number of thiazole rings is 1. The summed E-state index contributed by atoms with van der Waals surface area (Å²) in [6, 6.07) is 8.51. The van der Waals surface area contributed by atoms with Gasteiger partial charge in [-0.3, -0.25) is 4.79 Å². The highest BCUT2D eigenvalue weighted by Gasteiger charge is 2.38. The van der Waals surface area contributed by atoms with Crippen molar-refractivity contribution in [3.63, 3.8) is 0 Å². The molecule has 28 heavy (non-hydrogen) atoms. The van der Waals surface area contributed by atoms with Crippen molar-refractivity contribution in [2.45, 2.75) is 49.5 Å². The molecule has 1 saturated heterocycles. The van der Waals surface area contributed by atoms with E-state index in [1.54, 1.807) is 41.9 Å². The van der Waals surface area contributed by atoms with Crippen LogP contribution in [-0.4, -0.2) is 43.3 Å². The maximum atomic E-state index is 13.3. The summed E-state index contributed by atoms with van der Waals surface area (Å²) in [5.74, 6) is 0.441. The lowest BCUT2D eigenvalue weighted by Gasteiger charge is -2.44. The number of nitrogens with zero attached hydrogens (tertiary/aromatic N) is 3. The lowest BCUT2D eigenvalue weighted by molar-refractivity contribution is -0.135. The predicted molar refractivity (Wildman–Crippen MR) is 110 cm³/mol. The van der Waals surface area contributed by atoms with Gasteiger partial charge in [-0.05, 0) is 43.7 Å². The highest BCUT2D eigenvalue weighted by atomic mass is 32.2. The Morgan fingerprint density at radius 3 is 2.64 bits per heavy atom. The van der Waals surface area contributed by atoms with Crippen molar-refractivity contribution in [1.29, 1.82) is 0 Å². The molecule has 2 aliphatic rings. The summed E-state index contributed by atoms with van der Waals surface area (Å²) in [5.41, 5.74) is 0. The Balaban J connectivity index is 1.61. The van der Waals surface area contributed by atoms with Gasteiger partial charge in [0.1, 0.15) is 6.54 Å². The highest BCUT2D eigenvalue weighted by Crippen LogP contribution is 2.35. The molecule has 2 heterocycles. The molecule has 1 saturated carbocycles. The van der Waals surface area contributed by atoms with Crippen LogP contribution in [-0.2, 0) is 14.8 Å². The Morgan fingerprint density at radius 2 is 1.89 bits per heavy atom. The van der Waals surface area contributed by atoms with E-state index in [0.717, 1.165) is 25.8 Å². The third-order valence-corrected chi connectivity index (χ3v) is 8.47. The van der Waals surface area contributed by atoms with E-state index in [1.807, 2.05) is 4.90 Å². The minimum Gasteiger partial charge on any atom is -0.338 e. The molecule has 0 spiro atoms. The molecule has 2 atom stereocenters. The van der Waals surface area contributed by atoms with Crippen molar-refractivity contribution in [3.8, 4) is 0 Å². The van der Waals surface area contributed by atoms with Crippen molar-refractivity contribution in [1.82, 2.24) is 9.88 Å². The normalized spacial score (nSPS) is 22.5. The van der Waals surface area contributed by atoms with Gasteiger partial charge < -0.3 is 4.90 Å². The van der Waals surface area contributed by atoms with Crippen LogP contribution in [0.5, 0.6) is 0 Å². The Morgan fingerprint density at radius 1 is 1.14 bits per heavy atom. The van der Waals surface area contributed by atoms with E-state index in [2.05, 4.69) is 4.98 Å². The minimum atomic E-state index is -3.85. The quantitative estimate of drug-likeness (QED) is 0.743. The third-order valence-electron chi connectivity index (χ3n) is 5.81. The molecule has 1 aromatic heterocycles. The minimum absolute atomic E-state index is 0.119. The third kappa shape index (κ3) is 3.80. The molecule has 1 amide bonds. The fourth-order valence-electron chi connectivity index (χ4n) is 4.46. The van der Waals surface area contributed by atoms with E-state index in [-0.39, 0.29) is 23.4 Å². The average molecular weight is 420 g/mol. The largest absolute Gasteiger partial charge is 0.338 e. The van der Waals surface area contributed by atoms with Crippen LogP contribution in [0.4, 0.5) is 5.13 Å². The molecule has 8 heteroatoms. The number of hydrogen-bond acceptors (Lipinski definition) is 5. The van der Waals surface area contributed by atoms with Crippen LogP contribution in [0.3, 0.4) is 0 Å². The summed E-state index contributed by atoms with van der Waals surface area (Å²) in [6.07, 6.45) is 8.31. The van der Waals surface area contributed by atoms with E-state index in [9.17, 15) is 13.2 Å². The Labute approximate surface area is 170 Å². The first-order chi connectivity index (χ1) is 13.6. The van der Waals surface area contributed by atoms with E-state index in [1.165, 1.54) is 34.9 Å². The van der Waals surface area contributed by atoms with Crippen LogP contribution in [0, 0.1) is 5.92 Å². The van der Waals surface area contributed by atoms with Crippen LogP contribution >= 0.6 is 11.3 Å². The lowest BCUT2D eigenvalue weighted by Crippen LogP contribution is -2.53. The molecule has 1 aromatic carbocycles. The Kier molecular flexibility index (Phi) is 5.68. The zero-order chi connectivity index (χ0) is 19.6. The topological polar surface area (TPSA) is 70.6 Å². The molecular weight excluding hydrogens is 394 g/mol. The standard InChI is InChI=1S/C20H25N3O3S2/c24-19(22-13-6-8-16-7-4-5-11-18(16)22)15-23(20-21-12-14-27-20)28(25,26)17-9-2-1-3-10-17/h1-3,9-10,12,14,16,18H,4-8,11,13,15H2. The Hall–Kier alpha value is -1.93. The number of rotatable bonds is 5. The van der Waals surface area contributed by atoms with Gasteiger partial charge in [-0.25, -0.2) is 17.7 Å². The van der Waals surface area contributed by atoms with Crippen molar-refractivity contribution < 1.29 is 13.2 Å². The van der Waals surface area contributed by atoms with Gasteiger partial charge in [0.05, 0.1) is 4.90 Å². The molecule has 2 fully saturated rings. The molecule has 6 nitrogen and oxygen atoms in total. The second kappa shape index (κ2) is 8.21. The number of hydrogen-bond donors (Lipinski definition) is 0. The molecule has 2 unspecified atom stereocenters. The van der Waals surface area contributed by atoms with E-state index >= 15 is 0 Å². The maximum Gasteiger partial charge on any atom is 0.266 e. The first kappa shape index (κ1) is 19.4. The summed E-state index contributed by atoms with van der Waals surface area (Å²) >= 11 is 1.23. The van der Waals surface area contributed by atoms with Gasteiger partial charge in [-0.15, -0.1) is 11.3 Å². The number of piperidine rings is 1. The van der Waals surface area contributed by atoms with Crippen LogP contribution in [0.1, 0.15) is 38.5 Å². The van der Waals surface area contributed by atoms with Crippen LogP contribution < -0.4 is 4.31 Å². The van der Waals surface area contributed by atoms with E-state index < -0.39 is 10.0 Å². The number of fused-ring (bicyclic) bond motifs is 1. The van der Waals surface area contributed by atoms with Gasteiger partial charge in [0, 0.05) is 24.2 Å². The predicted octanol–water partition coefficient (Wildman–Crippen LogP) is 3.52. The first-order valence-electron chi connectivity index (χ1n) is 9.84. The smallest absolute Gasteiger partial charge is 0.266 e. The van der Waals surface area contributed by atoms with Crippen LogP contribution in [0.2, 0.25) is 0 Å². The lowest BCUT2D eigenvalue weighted by atomic mass is 9.78. The number of carbonyl (C=O) groups is 1.